The quantitative estimate of drug-likeness (QED) is 0.343. The summed E-state index contributed by atoms with van der Waals surface area (Å²) >= 11 is 1.34. The molecule has 1 N–H and O–H groups in total. The molecule has 0 aliphatic heterocycles. The first kappa shape index (κ1) is 22.2. The fourth-order valence-electron chi connectivity index (χ4n) is 4.26. The second kappa shape index (κ2) is 9.09. The largest absolute Gasteiger partial charge is 0.348 e. The molecule has 0 atom stereocenters. The maximum Gasteiger partial charge on any atom is 0.230 e. The predicted octanol–water partition coefficient (Wildman–Crippen LogP) is 4.55. The van der Waals surface area contributed by atoms with E-state index in [0.29, 0.717) is 11.7 Å². The average Bonchev–Trinajstić information content (AvgIpc) is 3.48. The van der Waals surface area contributed by atoms with Crippen molar-refractivity contribution >= 4 is 45.3 Å². The van der Waals surface area contributed by atoms with E-state index in [4.69, 9.17) is 4.98 Å². The summed E-state index contributed by atoms with van der Waals surface area (Å²) in [5, 5.41) is 13.4. The third-order valence-corrected chi connectivity index (χ3v) is 7.11. The first-order chi connectivity index (χ1) is 17.6. The fraction of sp³-hybridized carbons (Fsp3) is 0.148. The molecule has 0 aliphatic carbocycles. The summed E-state index contributed by atoms with van der Waals surface area (Å²) in [6, 6.07) is 24.0. The molecule has 6 aromatic rings. The summed E-state index contributed by atoms with van der Waals surface area (Å²) < 4.78 is 3.94. The summed E-state index contributed by atoms with van der Waals surface area (Å²) in [6.07, 6.45) is 0. The van der Waals surface area contributed by atoms with Crippen LogP contribution in [0, 0.1) is 6.92 Å². The van der Waals surface area contributed by atoms with Crippen molar-refractivity contribution in [3.05, 3.63) is 84.2 Å². The van der Waals surface area contributed by atoms with Crippen LogP contribution in [0.3, 0.4) is 0 Å². The van der Waals surface area contributed by atoms with Gasteiger partial charge < -0.3 is 9.88 Å². The van der Waals surface area contributed by atoms with Gasteiger partial charge in [0.1, 0.15) is 11.6 Å². The van der Waals surface area contributed by atoms with E-state index in [1.165, 1.54) is 17.3 Å². The molecule has 9 heteroatoms. The van der Waals surface area contributed by atoms with Crippen LogP contribution in [-0.2, 0) is 18.4 Å². The monoisotopic (exact) mass is 493 g/mol. The minimum atomic E-state index is -0.102. The highest BCUT2D eigenvalue weighted by molar-refractivity contribution is 7.99. The smallest absolute Gasteiger partial charge is 0.230 e. The zero-order valence-corrected chi connectivity index (χ0v) is 20.7. The normalized spacial score (nSPS) is 11.5. The predicted molar refractivity (Wildman–Crippen MR) is 142 cm³/mol. The highest BCUT2D eigenvalue weighted by Gasteiger charge is 2.18. The first-order valence-corrected chi connectivity index (χ1v) is 12.6. The Bertz CT molecular complexity index is 1740. The molecule has 178 valence electrons. The second-order valence-corrected chi connectivity index (χ2v) is 9.54. The Morgan fingerprint density at radius 1 is 0.917 bits per heavy atom. The number of aryl methyl sites for hydroxylation is 2. The Balaban J connectivity index is 1.27. The number of fused-ring (bicyclic) bond motifs is 4. The van der Waals surface area contributed by atoms with Crippen molar-refractivity contribution in [2.24, 2.45) is 7.05 Å². The number of hydrogen-bond acceptors (Lipinski definition) is 6. The first-order valence-electron chi connectivity index (χ1n) is 11.6. The van der Waals surface area contributed by atoms with E-state index in [9.17, 15) is 4.79 Å². The van der Waals surface area contributed by atoms with Gasteiger partial charge in [0, 0.05) is 18.0 Å². The molecule has 0 unspecified atom stereocenters. The van der Waals surface area contributed by atoms with Crippen molar-refractivity contribution in [2.45, 2.75) is 18.6 Å². The fourth-order valence-corrected chi connectivity index (χ4v) is 5.02. The van der Waals surface area contributed by atoms with Crippen LogP contribution in [0.1, 0.15) is 11.4 Å². The third-order valence-electron chi connectivity index (χ3n) is 6.18. The Hall–Kier alpha value is -4.24. The molecule has 0 saturated carbocycles. The topological polar surface area (TPSA) is 90.0 Å². The van der Waals surface area contributed by atoms with Gasteiger partial charge in [0.05, 0.1) is 28.8 Å². The minimum Gasteiger partial charge on any atom is -0.348 e. The molecule has 3 heterocycles. The van der Waals surface area contributed by atoms with Crippen molar-refractivity contribution in [3.63, 3.8) is 0 Å². The Morgan fingerprint density at radius 3 is 2.47 bits per heavy atom. The Labute approximate surface area is 211 Å². The van der Waals surface area contributed by atoms with Gasteiger partial charge in [0.25, 0.3) is 0 Å². The molecule has 36 heavy (non-hydrogen) atoms. The SMILES string of the molecule is Cc1ccc(-c2nc3ccccc3c3nnc(SCC(=O)NCc4nc5ccccc5n4C)n23)cc1. The highest BCUT2D eigenvalue weighted by Crippen LogP contribution is 2.29. The third kappa shape index (κ3) is 3.97. The molecule has 0 fully saturated rings. The number of rotatable bonds is 6. The van der Waals surface area contributed by atoms with Gasteiger partial charge in [-0.3, -0.25) is 9.20 Å². The van der Waals surface area contributed by atoms with Crippen LogP contribution < -0.4 is 5.32 Å². The van der Waals surface area contributed by atoms with Crippen LogP contribution in [0.5, 0.6) is 0 Å². The number of carbonyl (C=O) groups is 1. The lowest BCUT2D eigenvalue weighted by Gasteiger charge is -2.10. The molecule has 6 rings (SSSR count). The van der Waals surface area contributed by atoms with Gasteiger partial charge in [-0.15, -0.1) is 10.2 Å². The number of nitrogens with zero attached hydrogens (tertiary/aromatic N) is 6. The van der Waals surface area contributed by atoms with E-state index >= 15 is 0 Å². The van der Waals surface area contributed by atoms with E-state index in [0.717, 1.165) is 44.8 Å². The Morgan fingerprint density at radius 2 is 1.67 bits per heavy atom. The molecule has 0 bridgehead atoms. The maximum absolute atomic E-state index is 12.7. The molecule has 0 spiro atoms. The van der Waals surface area contributed by atoms with E-state index in [1.807, 2.05) is 76.7 Å². The minimum absolute atomic E-state index is 0.102. The molecular formula is C27H23N7OS. The lowest BCUT2D eigenvalue weighted by Crippen LogP contribution is -2.26. The van der Waals surface area contributed by atoms with E-state index in [-0.39, 0.29) is 11.7 Å². The van der Waals surface area contributed by atoms with Crippen LogP contribution in [0.4, 0.5) is 0 Å². The number of carbonyl (C=O) groups excluding carboxylic acids is 1. The lowest BCUT2D eigenvalue weighted by atomic mass is 10.1. The standard InChI is InChI=1S/C27H23N7OS/c1-17-11-13-18(14-12-17)25-30-20-8-4-3-7-19(20)26-31-32-27(34(25)26)36-16-24(35)28-15-23-29-21-9-5-6-10-22(21)33(23)2/h3-14H,15-16H2,1-2H3,(H,28,35). The number of aromatic nitrogens is 6. The molecule has 0 radical (unpaired) electrons. The van der Waals surface area contributed by atoms with E-state index in [2.05, 4.69) is 39.6 Å². The van der Waals surface area contributed by atoms with Crippen LogP contribution in [0.2, 0.25) is 0 Å². The number of amides is 1. The van der Waals surface area contributed by atoms with Crippen LogP contribution in [0.25, 0.3) is 39.0 Å². The van der Waals surface area contributed by atoms with Crippen LogP contribution in [-0.4, -0.2) is 40.8 Å². The summed E-state index contributed by atoms with van der Waals surface area (Å²) in [5.74, 6) is 1.65. The maximum atomic E-state index is 12.7. The molecule has 0 aliphatic rings. The number of imidazole rings is 1. The average molecular weight is 494 g/mol. The summed E-state index contributed by atoms with van der Waals surface area (Å²) in [4.78, 5) is 22.3. The number of hydrogen-bond donors (Lipinski definition) is 1. The summed E-state index contributed by atoms with van der Waals surface area (Å²) in [6.45, 7) is 2.41. The van der Waals surface area contributed by atoms with Gasteiger partial charge in [-0.1, -0.05) is 65.9 Å². The molecule has 3 aromatic carbocycles. The van der Waals surface area contributed by atoms with Gasteiger partial charge in [-0.25, -0.2) is 9.97 Å². The van der Waals surface area contributed by atoms with Crippen molar-refractivity contribution < 1.29 is 4.79 Å². The molecule has 0 saturated heterocycles. The second-order valence-electron chi connectivity index (χ2n) is 8.60. The van der Waals surface area contributed by atoms with Gasteiger partial charge in [0.2, 0.25) is 5.91 Å². The number of benzene rings is 3. The van der Waals surface area contributed by atoms with Crippen molar-refractivity contribution in [1.82, 2.24) is 34.4 Å². The lowest BCUT2D eigenvalue weighted by molar-refractivity contribution is -0.118. The number of nitrogens with one attached hydrogen (secondary N) is 1. The summed E-state index contributed by atoms with van der Waals surface area (Å²) in [7, 11) is 1.96. The van der Waals surface area contributed by atoms with Gasteiger partial charge in [-0.05, 0) is 31.2 Å². The Kier molecular flexibility index (Phi) is 5.61. The van der Waals surface area contributed by atoms with Crippen LogP contribution >= 0.6 is 11.8 Å². The molecule has 1 amide bonds. The zero-order chi connectivity index (χ0) is 24.6. The number of thioether (sulfide) groups is 1. The van der Waals surface area contributed by atoms with Gasteiger partial charge >= 0.3 is 0 Å². The molecule has 8 nitrogen and oxygen atoms in total. The van der Waals surface area contributed by atoms with Crippen molar-refractivity contribution in [1.29, 1.82) is 0 Å². The summed E-state index contributed by atoms with van der Waals surface area (Å²) in [5.41, 5.74) is 5.66. The van der Waals surface area contributed by atoms with Gasteiger partial charge in [-0.2, -0.15) is 0 Å². The highest BCUT2D eigenvalue weighted by atomic mass is 32.2. The van der Waals surface area contributed by atoms with Crippen molar-refractivity contribution in [3.8, 4) is 11.4 Å². The van der Waals surface area contributed by atoms with E-state index in [1.54, 1.807) is 0 Å². The van der Waals surface area contributed by atoms with E-state index < -0.39 is 0 Å². The van der Waals surface area contributed by atoms with Crippen molar-refractivity contribution in [2.75, 3.05) is 5.75 Å². The van der Waals surface area contributed by atoms with Crippen LogP contribution in [0.15, 0.2) is 78.0 Å². The zero-order valence-electron chi connectivity index (χ0n) is 19.8. The molecule has 3 aromatic heterocycles. The van der Waals surface area contributed by atoms with Gasteiger partial charge in [0.15, 0.2) is 10.8 Å². The number of para-hydroxylation sites is 3. The molecular weight excluding hydrogens is 470 g/mol.